The minimum Gasteiger partial charge on any atom is -0.392 e. The Kier molecular flexibility index (Phi) is 3.81. The molecule has 0 radical (unpaired) electrons. The van der Waals surface area contributed by atoms with Crippen molar-refractivity contribution in [2.75, 3.05) is 0 Å². The van der Waals surface area contributed by atoms with E-state index >= 15 is 0 Å². The molecule has 0 aromatic rings. The molecule has 4 unspecified atom stereocenters. The van der Waals surface area contributed by atoms with Crippen LogP contribution in [0.5, 0.6) is 0 Å². The summed E-state index contributed by atoms with van der Waals surface area (Å²) < 4.78 is 0. The van der Waals surface area contributed by atoms with Crippen LogP contribution in [0.15, 0.2) is 0 Å². The number of nitrogens with two attached hydrogens (primary N) is 1. The summed E-state index contributed by atoms with van der Waals surface area (Å²) in [6.07, 6.45) is -2.76. The van der Waals surface area contributed by atoms with Crippen LogP contribution in [0.3, 0.4) is 0 Å². The quantitative estimate of drug-likeness (QED) is 0.391. The second-order valence-electron chi connectivity index (χ2n) is 2.55. The third kappa shape index (κ3) is 2.62. The fourth-order valence-corrected chi connectivity index (χ4v) is 0.607. The van der Waals surface area contributed by atoms with E-state index in [1.807, 2.05) is 0 Å². The molecule has 4 atom stereocenters. The van der Waals surface area contributed by atoms with E-state index in [4.69, 9.17) is 21.1 Å². The summed E-state index contributed by atoms with van der Waals surface area (Å²) in [5.74, 6) is 0. The van der Waals surface area contributed by atoms with Crippen molar-refractivity contribution in [3.05, 3.63) is 0 Å². The van der Waals surface area contributed by atoms with Gasteiger partial charge in [-0.3, -0.25) is 0 Å². The lowest BCUT2D eigenvalue weighted by atomic mass is 10.0. The molecular formula is C6H15NO3. The third-order valence-corrected chi connectivity index (χ3v) is 1.45. The van der Waals surface area contributed by atoms with Gasteiger partial charge in [0.1, 0.15) is 0 Å². The van der Waals surface area contributed by atoms with Gasteiger partial charge >= 0.3 is 0 Å². The van der Waals surface area contributed by atoms with Crippen molar-refractivity contribution < 1.29 is 15.3 Å². The van der Waals surface area contributed by atoms with Gasteiger partial charge in [0.25, 0.3) is 0 Å². The van der Waals surface area contributed by atoms with Crippen LogP contribution in [0, 0.1) is 0 Å². The van der Waals surface area contributed by atoms with Gasteiger partial charge in [-0.05, 0) is 13.8 Å². The first-order chi connectivity index (χ1) is 4.46. The molecule has 0 aliphatic heterocycles. The predicted octanol–water partition coefficient (Wildman–Crippen LogP) is -1.56. The van der Waals surface area contributed by atoms with Crippen LogP contribution in [-0.4, -0.2) is 39.7 Å². The van der Waals surface area contributed by atoms with Gasteiger partial charge in [-0.25, -0.2) is 0 Å². The molecule has 0 saturated heterocycles. The SMILES string of the molecule is CC(O)C(N)C(O)C(C)O. The zero-order valence-corrected chi connectivity index (χ0v) is 6.23. The lowest BCUT2D eigenvalue weighted by molar-refractivity contribution is -0.0149. The normalized spacial score (nSPS) is 23.4. The predicted molar refractivity (Wildman–Crippen MR) is 37.3 cm³/mol. The molecule has 0 aromatic carbocycles. The molecular weight excluding hydrogens is 134 g/mol. The van der Waals surface area contributed by atoms with Crippen LogP contribution in [0.1, 0.15) is 13.8 Å². The number of hydrogen-bond donors (Lipinski definition) is 4. The summed E-state index contributed by atoms with van der Waals surface area (Å²) in [6, 6.07) is -0.778. The largest absolute Gasteiger partial charge is 0.392 e. The first-order valence-corrected chi connectivity index (χ1v) is 3.26. The van der Waals surface area contributed by atoms with Gasteiger partial charge in [-0.1, -0.05) is 0 Å². The monoisotopic (exact) mass is 149 g/mol. The van der Waals surface area contributed by atoms with Crippen LogP contribution >= 0.6 is 0 Å². The molecule has 0 amide bonds. The molecule has 4 nitrogen and oxygen atoms in total. The highest BCUT2D eigenvalue weighted by Gasteiger charge is 2.23. The highest BCUT2D eigenvalue weighted by molar-refractivity contribution is 4.79. The van der Waals surface area contributed by atoms with Gasteiger partial charge in [-0.15, -0.1) is 0 Å². The van der Waals surface area contributed by atoms with E-state index in [0.717, 1.165) is 0 Å². The third-order valence-electron chi connectivity index (χ3n) is 1.45. The zero-order chi connectivity index (χ0) is 8.31. The first kappa shape index (κ1) is 9.84. The van der Waals surface area contributed by atoms with Crippen LogP contribution < -0.4 is 5.73 Å². The minimum atomic E-state index is -1.06. The number of hydrogen-bond acceptors (Lipinski definition) is 4. The standard InChI is InChI=1S/C6H15NO3/c1-3(8)5(7)6(10)4(2)9/h3-6,8-10H,7H2,1-2H3. The van der Waals surface area contributed by atoms with E-state index in [-0.39, 0.29) is 0 Å². The summed E-state index contributed by atoms with van der Waals surface area (Å²) in [5.41, 5.74) is 5.30. The summed E-state index contributed by atoms with van der Waals surface area (Å²) in [6.45, 7) is 2.89. The summed E-state index contributed by atoms with van der Waals surface area (Å²) in [7, 11) is 0. The molecule has 0 heterocycles. The molecule has 4 heteroatoms. The fraction of sp³-hybridized carbons (Fsp3) is 1.00. The smallest absolute Gasteiger partial charge is 0.0971 e. The molecule has 0 spiro atoms. The number of aliphatic hydroxyl groups is 3. The second kappa shape index (κ2) is 3.88. The second-order valence-corrected chi connectivity index (χ2v) is 2.55. The van der Waals surface area contributed by atoms with Gasteiger partial charge in [-0.2, -0.15) is 0 Å². The Balaban J connectivity index is 3.81. The van der Waals surface area contributed by atoms with E-state index in [9.17, 15) is 0 Å². The molecule has 0 saturated carbocycles. The summed E-state index contributed by atoms with van der Waals surface area (Å²) in [4.78, 5) is 0. The van der Waals surface area contributed by atoms with Gasteiger partial charge < -0.3 is 21.1 Å². The average molecular weight is 149 g/mol. The highest BCUT2D eigenvalue weighted by Crippen LogP contribution is 2.00. The van der Waals surface area contributed by atoms with E-state index in [0.29, 0.717) is 0 Å². The highest BCUT2D eigenvalue weighted by atomic mass is 16.3. The van der Waals surface area contributed by atoms with E-state index in [1.165, 1.54) is 13.8 Å². The van der Waals surface area contributed by atoms with E-state index in [2.05, 4.69) is 0 Å². The van der Waals surface area contributed by atoms with Crippen molar-refractivity contribution in [2.45, 2.75) is 38.2 Å². The molecule has 0 aromatic heterocycles. The summed E-state index contributed by atoms with van der Waals surface area (Å²) in [5, 5.41) is 26.7. The van der Waals surface area contributed by atoms with Crippen molar-refractivity contribution in [3.8, 4) is 0 Å². The maximum Gasteiger partial charge on any atom is 0.0971 e. The summed E-state index contributed by atoms with van der Waals surface area (Å²) >= 11 is 0. The molecule has 62 valence electrons. The van der Waals surface area contributed by atoms with Crippen molar-refractivity contribution >= 4 is 0 Å². The van der Waals surface area contributed by atoms with E-state index < -0.39 is 24.4 Å². The number of rotatable bonds is 3. The van der Waals surface area contributed by atoms with Gasteiger partial charge in [0.2, 0.25) is 0 Å². The van der Waals surface area contributed by atoms with Crippen LogP contribution in [-0.2, 0) is 0 Å². The molecule has 0 aliphatic carbocycles. The molecule has 10 heavy (non-hydrogen) atoms. The molecule has 0 fully saturated rings. The lowest BCUT2D eigenvalue weighted by Crippen LogP contribution is -2.48. The van der Waals surface area contributed by atoms with Crippen LogP contribution in [0.25, 0.3) is 0 Å². The maximum atomic E-state index is 9.03. The zero-order valence-electron chi connectivity index (χ0n) is 6.23. The van der Waals surface area contributed by atoms with Gasteiger partial charge in [0, 0.05) is 0 Å². The Morgan fingerprint density at radius 2 is 1.40 bits per heavy atom. The van der Waals surface area contributed by atoms with Gasteiger partial charge in [0.05, 0.1) is 24.4 Å². The van der Waals surface area contributed by atoms with Crippen LogP contribution in [0.4, 0.5) is 0 Å². The lowest BCUT2D eigenvalue weighted by Gasteiger charge is -2.23. The number of aliphatic hydroxyl groups excluding tert-OH is 3. The molecule has 0 aliphatic rings. The maximum absolute atomic E-state index is 9.03. The molecule has 5 N–H and O–H groups in total. The minimum absolute atomic E-state index is 0.778. The van der Waals surface area contributed by atoms with Crippen LogP contribution in [0.2, 0.25) is 0 Å². The van der Waals surface area contributed by atoms with Gasteiger partial charge in [0.15, 0.2) is 0 Å². The van der Waals surface area contributed by atoms with E-state index in [1.54, 1.807) is 0 Å². The van der Waals surface area contributed by atoms with Crippen molar-refractivity contribution in [2.24, 2.45) is 5.73 Å². The first-order valence-electron chi connectivity index (χ1n) is 3.26. The molecule has 0 rings (SSSR count). The fourth-order valence-electron chi connectivity index (χ4n) is 0.607. The Hall–Kier alpha value is -0.160. The topological polar surface area (TPSA) is 86.7 Å². The Morgan fingerprint density at radius 1 is 1.00 bits per heavy atom. The van der Waals surface area contributed by atoms with Crippen molar-refractivity contribution in [3.63, 3.8) is 0 Å². The van der Waals surface area contributed by atoms with Crippen molar-refractivity contribution in [1.29, 1.82) is 0 Å². The Labute approximate surface area is 60.3 Å². The Morgan fingerprint density at radius 3 is 1.50 bits per heavy atom. The Bertz CT molecular complexity index is 83.0. The molecule has 0 bridgehead atoms. The van der Waals surface area contributed by atoms with Crippen molar-refractivity contribution in [1.82, 2.24) is 0 Å². The average Bonchev–Trinajstić information content (AvgIpc) is 1.84.